The van der Waals surface area contributed by atoms with Crippen LogP contribution in [0.15, 0.2) is 46.5 Å². The Morgan fingerprint density at radius 3 is 3.21 bits per heavy atom. The van der Waals surface area contributed by atoms with E-state index < -0.39 is 0 Å². The van der Waals surface area contributed by atoms with Gasteiger partial charge in [-0.3, -0.25) is 4.94 Å². The van der Waals surface area contributed by atoms with Crippen molar-refractivity contribution < 1.29 is 4.94 Å². The third kappa shape index (κ3) is 2.63. The molecule has 3 rings (SSSR count). The maximum absolute atomic E-state index is 6.19. The number of rotatable bonds is 3. The molecular formula is C13H12ClN3OS. The zero-order valence-corrected chi connectivity index (χ0v) is 11.8. The van der Waals surface area contributed by atoms with Crippen molar-refractivity contribution in [2.45, 2.75) is 13.0 Å². The quantitative estimate of drug-likeness (QED) is 0.838. The van der Waals surface area contributed by atoms with Gasteiger partial charge in [-0.1, -0.05) is 28.9 Å². The van der Waals surface area contributed by atoms with Crippen LogP contribution in [-0.4, -0.2) is 11.8 Å². The number of oxime groups is 1. The first-order valence-electron chi connectivity index (χ1n) is 5.81. The van der Waals surface area contributed by atoms with Crippen LogP contribution in [0.3, 0.4) is 0 Å². The molecule has 0 saturated heterocycles. The van der Waals surface area contributed by atoms with Gasteiger partial charge in [0.25, 0.3) is 0 Å². The van der Waals surface area contributed by atoms with Crippen LogP contribution in [0.4, 0.5) is 5.69 Å². The highest BCUT2D eigenvalue weighted by molar-refractivity contribution is 8.04. The number of nitrogens with one attached hydrogen (secondary N) is 2. The number of aryl methyl sites for hydroxylation is 1. The van der Waals surface area contributed by atoms with Crippen LogP contribution in [0.1, 0.15) is 5.56 Å². The minimum Gasteiger partial charge on any atom is -0.325 e. The lowest BCUT2D eigenvalue weighted by Gasteiger charge is -2.16. The van der Waals surface area contributed by atoms with Crippen LogP contribution >= 0.6 is 23.5 Å². The van der Waals surface area contributed by atoms with Crippen LogP contribution in [-0.2, 0) is 4.94 Å². The maximum atomic E-state index is 6.19. The second kappa shape index (κ2) is 5.28. The van der Waals surface area contributed by atoms with Gasteiger partial charge >= 0.3 is 0 Å². The average Bonchev–Trinajstić information content (AvgIpc) is 2.86. The van der Waals surface area contributed by atoms with Gasteiger partial charge in [-0.05, 0) is 48.7 Å². The van der Waals surface area contributed by atoms with E-state index in [2.05, 4.69) is 15.4 Å². The number of anilines is 1. The first-order chi connectivity index (χ1) is 9.24. The number of allylic oxidation sites excluding steroid dienone is 2. The minimum absolute atomic E-state index is 0.00766. The van der Waals surface area contributed by atoms with Gasteiger partial charge in [0, 0.05) is 4.91 Å². The maximum Gasteiger partial charge on any atom is 0.123 e. The minimum atomic E-state index is -0.00766. The monoisotopic (exact) mass is 293 g/mol. The van der Waals surface area contributed by atoms with Crippen molar-refractivity contribution in [3.05, 3.63) is 51.9 Å². The highest BCUT2D eigenvalue weighted by atomic mass is 35.5. The Morgan fingerprint density at radius 2 is 2.37 bits per heavy atom. The normalized spacial score (nSPS) is 20.4. The van der Waals surface area contributed by atoms with E-state index in [-0.39, 0.29) is 6.04 Å². The Balaban J connectivity index is 1.71. The summed E-state index contributed by atoms with van der Waals surface area (Å²) >= 11 is 7.68. The lowest BCUT2D eigenvalue weighted by Crippen LogP contribution is -2.31. The van der Waals surface area contributed by atoms with Gasteiger partial charge in [-0.15, -0.1) is 5.48 Å². The lowest BCUT2D eigenvalue weighted by atomic mass is 10.1. The van der Waals surface area contributed by atoms with Gasteiger partial charge in [0.15, 0.2) is 0 Å². The summed E-state index contributed by atoms with van der Waals surface area (Å²) in [6, 6.07) is 5.92. The number of fused-ring (bicyclic) bond motifs is 1. The molecule has 98 valence electrons. The van der Waals surface area contributed by atoms with Crippen molar-refractivity contribution in [3.63, 3.8) is 0 Å². The van der Waals surface area contributed by atoms with E-state index in [0.717, 1.165) is 21.9 Å². The summed E-state index contributed by atoms with van der Waals surface area (Å²) in [5.41, 5.74) is 5.76. The molecule has 2 aliphatic rings. The molecule has 6 heteroatoms. The van der Waals surface area contributed by atoms with E-state index in [1.54, 1.807) is 0 Å². The highest BCUT2D eigenvalue weighted by Crippen LogP contribution is 2.31. The molecule has 19 heavy (non-hydrogen) atoms. The number of hydrogen-bond donors (Lipinski definition) is 2. The van der Waals surface area contributed by atoms with E-state index >= 15 is 0 Å². The predicted molar refractivity (Wildman–Crippen MR) is 80.1 cm³/mol. The molecule has 2 N–H and O–H groups in total. The fourth-order valence-electron chi connectivity index (χ4n) is 1.82. The Kier molecular flexibility index (Phi) is 3.50. The van der Waals surface area contributed by atoms with Gasteiger partial charge in [0.05, 0.1) is 10.7 Å². The zero-order valence-electron chi connectivity index (χ0n) is 10.2. The molecule has 1 unspecified atom stereocenters. The Morgan fingerprint density at radius 1 is 1.47 bits per heavy atom. The molecule has 0 aromatic heterocycles. The SMILES string of the molecule is Cc1ccc(NSC2=CC=CC3=NONC23)c(Cl)c1. The molecule has 0 amide bonds. The fraction of sp³-hybridized carbons (Fsp3) is 0.154. The summed E-state index contributed by atoms with van der Waals surface area (Å²) in [7, 11) is 0. The van der Waals surface area contributed by atoms with Crippen molar-refractivity contribution in [1.29, 1.82) is 0 Å². The molecule has 1 heterocycles. The molecule has 0 saturated carbocycles. The molecule has 1 aliphatic carbocycles. The van der Waals surface area contributed by atoms with E-state index in [9.17, 15) is 0 Å². The lowest BCUT2D eigenvalue weighted by molar-refractivity contribution is 0.0666. The van der Waals surface area contributed by atoms with Crippen molar-refractivity contribution in [1.82, 2.24) is 5.48 Å². The second-order valence-electron chi connectivity index (χ2n) is 4.27. The third-order valence-electron chi connectivity index (χ3n) is 2.83. The molecule has 4 nitrogen and oxygen atoms in total. The van der Waals surface area contributed by atoms with Crippen LogP contribution in [0.25, 0.3) is 0 Å². The van der Waals surface area contributed by atoms with Crippen molar-refractivity contribution in [2.75, 3.05) is 4.72 Å². The van der Waals surface area contributed by atoms with E-state index in [1.165, 1.54) is 11.9 Å². The molecule has 1 aliphatic heterocycles. The van der Waals surface area contributed by atoms with Crippen molar-refractivity contribution in [3.8, 4) is 0 Å². The van der Waals surface area contributed by atoms with Crippen LogP contribution in [0.5, 0.6) is 0 Å². The molecule has 0 bridgehead atoms. The van der Waals surface area contributed by atoms with Gasteiger partial charge in [-0.25, -0.2) is 0 Å². The predicted octanol–water partition coefficient (Wildman–Crippen LogP) is 3.42. The number of benzene rings is 1. The number of hydrogen-bond acceptors (Lipinski definition) is 5. The largest absolute Gasteiger partial charge is 0.325 e. The molecule has 0 radical (unpaired) electrons. The summed E-state index contributed by atoms with van der Waals surface area (Å²) in [6.07, 6.45) is 5.89. The highest BCUT2D eigenvalue weighted by Gasteiger charge is 2.27. The molecular weight excluding hydrogens is 282 g/mol. The summed E-state index contributed by atoms with van der Waals surface area (Å²) < 4.78 is 3.25. The van der Waals surface area contributed by atoms with Crippen LogP contribution < -0.4 is 10.2 Å². The smallest absolute Gasteiger partial charge is 0.123 e. The Labute approximate surface area is 120 Å². The van der Waals surface area contributed by atoms with Crippen molar-refractivity contribution in [2.24, 2.45) is 5.16 Å². The molecule has 0 fully saturated rings. The molecule has 0 spiro atoms. The van der Waals surface area contributed by atoms with E-state index in [0.29, 0.717) is 5.02 Å². The Bertz CT molecular complexity index is 598. The fourth-order valence-corrected chi connectivity index (χ4v) is 3.00. The van der Waals surface area contributed by atoms with Gasteiger partial charge in [-0.2, -0.15) is 0 Å². The van der Waals surface area contributed by atoms with E-state index in [1.807, 2.05) is 43.4 Å². The average molecular weight is 294 g/mol. The summed E-state index contributed by atoms with van der Waals surface area (Å²) in [4.78, 5) is 5.97. The van der Waals surface area contributed by atoms with E-state index in [4.69, 9.17) is 16.5 Å². The summed E-state index contributed by atoms with van der Waals surface area (Å²) in [5.74, 6) is 0. The van der Waals surface area contributed by atoms with Gasteiger partial charge < -0.3 is 4.72 Å². The van der Waals surface area contributed by atoms with Crippen LogP contribution in [0, 0.1) is 6.92 Å². The second-order valence-corrected chi connectivity index (χ2v) is 5.56. The topological polar surface area (TPSA) is 45.7 Å². The van der Waals surface area contributed by atoms with Gasteiger partial charge in [0.2, 0.25) is 0 Å². The molecule has 1 aromatic rings. The number of hydroxylamine groups is 1. The number of nitrogens with zero attached hydrogens (tertiary/aromatic N) is 1. The zero-order chi connectivity index (χ0) is 13.2. The molecule has 1 atom stereocenters. The molecule has 1 aromatic carbocycles. The first-order valence-corrected chi connectivity index (χ1v) is 7.00. The van der Waals surface area contributed by atoms with Crippen molar-refractivity contribution >= 4 is 34.9 Å². The van der Waals surface area contributed by atoms with Crippen LogP contribution in [0.2, 0.25) is 5.02 Å². The Hall–Kier alpha value is -1.43. The summed E-state index contributed by atoms with van der Waals surface area (Å²) in [6.45, 7) is 2.01. The third-order valence-corrected chi connectivity index (χ3v) is 4.07. The summed E-state index contributed by atoms with van der Waals surface area (Å²) in [5, 5.41) is 4.61. The standard InChI is InChI=1S/C13H12ClN3OS/c1-8-5-6-10(9(14)7-8)17-19-12-4-2-3-11-13(12)16-18-15-11/h2-7,13,16-17H,1H3. The number of halogens is 1. The van der Waals surface area contributed by atoms with Gasteiger partial charge in [0.1, 0.15) is 11.8 Å². The first kappa shape index (κ1) is 12.6.